The lowest BCUT2D eigenvalue weighted by Crippen LogP contribution is -2.40. The summed E-state index contributed by atoms with van der Waals surface area (Å²) in [5.74, 6) is 0. The third kappa shape index (κ3) is 4.79. The summed E-state index contributed by atoms with van der Waals surface area (Å²) in [6.07, 6.45) is 17.3. The molecule has 1 fully saturated rings. The van der Waals surface area contributed by atoms with E-state index in [1.165, 1.54) is 5.57 Å². The minimum atomic E-state index is -0.904. The van der Waals surface area contributed by atoms with Crippen LogP contribution in [-0.2, 0) is 4.74 Å². The van der Waals surface area contributed by atoms with Gasteiger partial charge in [0.25, 0.3) is 0 Å². The highest BCUT2D eigenvalue weighted by atomic mass is 16.6. The maximum absolute atomic E-state index is 10.6. The van der Waals surface area contributed by atoms with Crippen LogP contribution in [0.4, 0.5) is 0 Å². The number of fused-ring (bicyclic) bond motifs is 1. The van der Waals surface area contributed by atoms with E-state index in [-0.39, 0.29) is 6.10 Å². The number of hydrogen-bond acceptors (Lipinski definition) is 3. The average molecular weight is 301 g/mol. The summed E-state index contributed by atoms with van der Waals surface area (Å²) in [6.45, 7) is 6.79. The molecule has 0 aliphatic carbocycles. The van der Waals surface area contributed by atoms with E-state index in [9.17, 15) is 5.11 Å². The molecule has 2 heterocycles. The average Bonchev–Trinajstić information content (AvgIpc) is 3.26. The van der Waals surface area contributed by atoms with Gasteiger partial charge in [0.2, 0.25) is 0 Å². The number of aliphatic hydroxyl groups is 1. The minimum Gasteiger partial charge on any atom is -0.384 e. The highest BCUT2D eigenvalue weighted by molar-refractivity contribution is 5.98. The Morgan fingerprint density at radius 1 is 1.36 bits per heavy atom. The number of hydrogen-bond donors (Lipinski definition) is 1. The molecule has 0 bridgehead atoms. The summed E-state index contributed by atoms with van der Waals surface area (Å²) in [5, 5.41) is 10.6. The molecule has 0 saturated carbocycles. The molecule has 2 aliphatic rings. The van der Waals surface area contributed by atoms with Crippen LogP contribution in [0.2, 0.25) is 0 Å². The monoisotopic (exact) mass is 301 g/mol. The highest BCUT2D eigenvalue weighted by Gasteiger charge is 2.50. The molecule has 3 nitrogen and oxygen atoms in total. The Morgan fingerprint density at radius 2 is 2.18 bits per heavy atom. The van der Waals surface area contributed by atoms with Crippen molar-refractivity contribution in [1.82, 2.24) is 0 Å². The predicted octanol–water partition coefficient (Wildman–Crippen LogP) is 3.76. The smallest absolute Gasteiger partial charge is 0.125 e. The van der Waals surface area contributed by atoms with Crippen LogP contribution in [0.3, 0.4) is 0 Å². The van der Waals surface area contributed by atoms with Gasteiger partial charge in [0.05, 0.1) is 11.8 Å². The van der Waals surface area contributed by atoms with Crippen LogP contribution in [-0.4, -0.2) is 35.2 Å². The molecule has 0 aromatic rings. The number of rotatable bonds is 7. The first-order valence-corrected chi connectivity index (χ1v) is 8.14. The Labute approximate surface area is 133 Å². The van der Waals surface area contributed by atoms with Gasteiger partial charge in [-0.2, -0.15) is 0 Å². The summed E-state index contributed by atoms with van der Waals surface area (Å²) in [5.41, 5.74) is 1.11. The second kappa shape index (κ2) is 7.70. The first-order chi connectivity index (χ1) is 10.5. The number of ether oxygens (including phenoxy) is 1. The zero-order valence-electron chi connectivity index (χ0n) is 13.8. The Balaban J connectivity index is 1.82. The summed E-state index contributed by atoms with van der Waals surface area (Å²) >= 11 is 0. The van der Waals surface area contributed by atoms with E-state index in [4.69, 9.17) is 4.74 Å². The SMILES string of the molecule is CCC=CC=C(C)C=CC=CCC(C)(O)C1=NCCC2OC12. The fourth-order valence-electron chi connectivity index (χ4n) is 2.58. The van der Waals surface area contributed by atoms with Gasteiger partial charge in [0.15, 0.2) is 0 Å². The van der Waals surface area contributed by atoms with Crippen molar-refractivity contribution in [3.8, 4) is 0 Å². The second-order valence-electron chi connectivity index (χ2n) is 6.16. The van der Waals surface area contributed by atoms with E-state index in [0.717, 1.165) is 25.1 Å². The Kier molecular flexibility index (Phi) is 5.92. The maximum Gasteiger partial charge on any atom is 0.125 e. The van der Waals surface area contributed by atoms with Crippen molar-refractivity contribution in [3.05, 3.63) is 48.1 Å². The molecular formula is C19H27NO2. The predicted molar refractivity (Wildman–Crippen MR) is 92.3 cm³/mol. The van der Waals surface area contributed by atoms with Crippen molar-refractivity contribution < 1.29 is 9.84 Å². The number of allylic oxidation sites excluding steroid dienone is 7. The molecule has 0 aromatic heterocycles. The van der Waals surface area contributed by atoms with Crippen molar-refractivity contribution in [2.24, 2.45) is 4.99 Å². The molecule has 3 heteroatoms. The van der Waals surface area contributed by atoms with E-state index in [1.807, 2.05) is 25.2 Å². The van der Waals surface area contributed by atoms with Gasteiger partial charge in [-0.05, 0) is 33.1 Å². The van der Waals surface area contributed by atoms with Gasteiger partial charge in [0.1, 0.15) is 11.7 Å². The molecule has 120 valence electrons. The quantitative estimate of drug-likeness (QED) is 0.575. The molecule has 2 rings (SSSR count). The van der Waals surface area contributed by atoms with Crippen molar-refractivity contribution in [2.45, 2.75) is 57.8 Å². The van der Waals surface area contributed by atoms with E-state index < -0.39 is 5.60 Å². The lowest BCUT2D eigenvalue weighted by atomic mass is 9.90. The van der Waals surface area contributed by atoms with Gasteiger partial charge in [0, 0.05) is 6.54 Å². The van der Waals surface area contributed by atoms with Gasteiger partial charge < -0.3 is 9.84 Å². The van der Waals surface area contributed by atoms with Crippen LogP contribution in [0.15, 0.2) is 53.1 Å². The minimum absolute atomic E-state index is 0.0585. The third-order valence-electron chi connectivity index (χ3n) is 3.95. The molecule has 2 aliphatic heterocycles. The first kappa shape index (κ1) is 16.9. The fourth-order valence-corrected chi connectivity index (χ4v) is 2.58. The maximum atomic E-state index is 10.6. The summed E-state index contributed by atoms with van der Waals surface area (Å²) in [6, 6.07) is 0. The number of aliphatic imine (C=N–C) groups is 1. The molecule has 0 radical (unpaired) electrons. The summed E-state index contributed by atoms with van der Waals surface area (Å²) in [4.78, 5) is 4.47. The van der Waals surface area contributed by atoms with Crippen LogP contribution in [0, 0.1) is 0 Å². The molecule has 0 aromatic carbocycles. The van der Waals surface area contributed by atoms with E-state index in [2.05, 4.69) is 43.1 Å². The lowest BCUT2D eigenvalue weighted by molar-refractivity contribution is 0.131. The summed E-state index contributed by atoms with van der Waals surface area (Å²) < 4.78 is 5.54. The Bertz CT molecular complexity index is 524. The van der Waals surface area contributed by atoms with Gasteiger partial charge in [-0.15, -0.1) is 0 Å². The van der Waals surface area contributed by atoms with Crippen LogP contribution in [0.1, 0.15) is 40.0 Å². The zero-order chi connectivity index (χ0) is 16.0. The van der Waals surface area contributed by atoms with E-state index in [0.29, 0.717) is 12.5 Å². The number of nitrogens with zero attached hydrogens (tertiary/aromatic N) is 1. The van der Waals surface area contributed by atoms with Gasteiger partial charge >= 0.3 is 0 Å². The van der Waals surface area contributed by atoms with Gasteiger partial charge in [-0.25, -0.2) is 0 Å². The van der Waals surface area contributed by atoms with Gasteiger partial charge in [-0.1, -0.05) is 55.0 Å². The molecule has 3 atom stereocenters. The Hall–Kier alpha value is -1.45. The molecular weight excluding hydrogens is 274 g/mol. The molecule has 0 spiro atoms. The van der Waals surface area contributed by atoms with Crippen molar-refractivity contribution in [3.63, 3.8) is 0 Å². The zero-order valence-corrected chi connectivity index (χ0v) is 13.8. The molecule has 1 N–H and O–H groups in total. The molecule has 3 unspecified atom stereocenters. The van der Waals surface area contributed by atoms with Crippen LogP contribution in [0.25, 0.3) is 0 Å². The van der Waals surface area contributed by atoms with Crippen molar-refractivity contribution in [2.75, 3.05) is 6.54 Å². The number of epoxide rings is 1. The fraction of sp³-hybridized carbons (Fsp3) is 0.526. The highest BCUT2D eigenvalue weighted by Crippen LogP contribution is 2.35. The van der Waals surface area contributed by atoms with Crippen molar-refractivity contribution in [1.29, 1.82) is 0 Å². The van der Waals surface area contributed by atoms with Crippen molar-refractivity contribution >= 4 is 5.71 Å². The van der Waals surface area contributed by atoms with Crippen LogP contribution in [0.5, 0.6) is 0 Å². The summed E-state index contributed by atoms with van der Waals surface area (Å²) in [7, 11) is 0. The standard InChI is InChI=1S/C19H27NO2/c1-4-5-7-10-15(2)11-8-6-9-13-19(3,21)18-17-16(22-17)12-14-20-18/h5-11,16-17,21H,4,12-14H2,1-3H3. The lowest BCUT2D eigenvalue weighted by Gasteiger charge is -2.24. The first-order valence-electron chi connectivity index (χ1n) is 8.14. The van der Waals surface area contributed by atoms with Crippen LogP contribution < -0.4 is 0 Å². The normalized spacial score (nSPS) is 28.2. The molecule has 22 heavy (non-hydrogen) atoms. The second-order valence-corrected chi connectivity index (χ2v) is 6.16. The van der Waals surface area contributed by atoms with E-state index >= 15 is 0 Å². The third-order valence-corrected chi connectivity index (χ3v) is 3.95. The largest absolute Gasteiger partial charge is 0.384 e. The topological polar surface area (TPSA) is 45.1 Å². The van der Waals surface area contributed by atoms with Crippen LogP contribution >= 0.6 is 0 Å². The molecule has 1 saturated heterocycles. The van der Waals surface area contributed by atoms with Gasteiger partial charge in [-0.3, -0.25) is 4.99 Å². The molecule has 0 amide bonds. The van der Waals surface area contributed by atoms with E-state index in [1.54, 1.807) is 0 Å². The Morgan fingerprint density at radius 3 is 2.95 bits per heavy atom.